The third-order valence-corrected chi connectivity index (χ3v) is 4.12. The van der Waals surface area contributed by atoms with Gasteiger partial charge in [0.1, 0.15) is 5.56 Å². The van der Waals surface area contributed by atoms with Gasteiger partial charge in [0.25, 0.3) is 17.2 Å². The number of aromatic amines is 1. The Morgan fingerprint density at radius 3 is 2.46 bits per heavy atom. The number of nitrogens with zero attached hydrogens (tertiary/aromatic N) is 3. The molecule has 0 fully saturated rings. The predicted octanol–water partition coefficient (Wildman–Crippen LogP) is 2.54. The van der Waals surface area contributed by atoms with Crippen molar-refractivity contribution in [2.45, 2.75) is 13.8 Å². The van der Waals surface area contributed by atoms with Crippen molar-refractivity contribution in [2.24, 2.45) is 5.10 Å². The van der Waals surface area contributed by atoms with Crippen molar-refractivity contribution in [1.29, 1.82) is 0 Å². The molecular weight excluding hydrogens is 362 g/mol. The van der Waals surface area contributed by atoms with Gasteiger partial charge in [-0.2, -0.15) is 5.10 Å². The maximum Gasteiger partial charge on any atom is 0.282 e. The molecule has 142 valence electrons. The van der Waals surface area contributed by atoms with Gasteiger partial charge in [-0.05, 0) is 32.0 Å². The lowest BCUT2D eigenvalue weighted by Gasteiger charge is -2.03. The number of nitro groups is 1. The predicted molar refractivity (Wildman–Crippen MR) is 104 cm³/mol. The van der Waals surface area contributed by atoms with E-state index >= 15 is 0 Å². The number of aryl methyl sites for hydroxylation is 1. The van der Waals surface area contributed by atoms with E-state index in [0.29, 0.717) is 16.9 Å². The van der Waals surface area contributed by atoms with E-state index in [-0.39, 0.29) is 22.5 Å². The molecule has 0 aliphatic heterocycles. The third kappa shape index (κ3) is 3.58. The number of nitro benzene ring substituents is 1. The van der Waals surface area contributed by atoms with Crippen molar-refractivity contribution >= 4 is 17.3 Å². The molecule has 0 bridgehead atoms. The lowest BCUT2D eigenvalue weighted by Crippen LogP contribution is -2.24. The van der Waals surface area contributed by atoms with Crippen LogP contribution < -0.4 is 11.0 Å². The second-order valence-electron chi connectivity index (χ2n) is 6.00. The lowest BCUT2D eigenvalue weighted by atomic mass is 10.1. The minimum Gasteiger partial charge on any atom is -0.295 e. The summed E-state index contributed by atoms with van der Waals surface area (Å²) in [6.45, 7) is 3.30. The quantitative estimate of drug-likeness (QED) is 0.402. The van der Waals surface area contributed by atoms with Gasteiger partial charge in [-0.1, -0.05) is 30.3 Å². The van der Waals surface area contributed by atoms with Crippen molar-refractivity contribution in [3.63, 3.8) is 0 Å². The number of hydrogen-bond acceptors (Lipinski definition) is 5. The smallest absolute Gasteiger partial charge is 0.282 e. The van der Waals surface area contributed by atoms with E-state index in [0.717, 1.165) is 0 Å². The highest BCUT2D eigenvalue weighted by Gasteiger charge is 2.20. The van der Waals surface area contributed by atoms with Gasteiger partial charge in [0.2, 0.25) is 0 Å². The number of para-hydroxylation sites is 2. The van der Waals surface area contributed by atoms with Crippen molar-refractivity contribution in [1.82, 2.24) is 15.2 Å². The van der Waals surface area contributed by atoms with E-state index in [1.807, 2.05) is 18.2 Å². The molecule has 0 atom stereocenters. The normalized spacial score (nSPS) is 11.3. The molecule has 1 amide bonds. The molecule has 0 aliphatic carbocycles. The summed E-state index contributed by atoms with van der Waals surface area (Å²) in [4.78, 5) is 35.4. The first kappa shape index (κ1) is 18.8. The Morgan fingerprint density at radius 1 is 1.14 bits per heavy atom. The maximum absolute atomic E-state index is 12.7. The molecule has 0 saturated heterocycles. The van der Waals surface area contributed by atoms with Crippen LogP contribution >= 0.6 is 0 Å². The Kier molecular flexibility index (Phi) is 5.16. The minimum absolute atomic E-state index is 0.114. The first-order chi connectivity index (χ1) is 13.4. The maximum atomic E-state index is 12.7. The fraction of sp³-hybridized carbons (Fsp3) is 0.105. The molecule has 0 saturated carbocycles. The zero-order chi connectivity index (χ0) is 20.3. The van der Waals surface area contributed by atoms with E-state index in [9.17, 15) is 19.7 Å². The molecule has 0 unspecified atom stereocenters. The monoisotopic (exact) mass is 379 g/mol. The summed E-state index contributed by atoms with van der Waals surface area (Å²) >= 11 is 0. The largest absolute Gasteiger partial charge is 0.295 e. The van der Waals surface area contributed by atoms with Crippen LogP contribution in [0.4, 0.5) is 5.69 Å². The summed E-state index contributed by atoms with van der Waals surface area (Å²) in [5, 5.41) is 18.0. The summed E-state index contributed by atoms with van der Waals surface area (Å²) in [6, 6.07) is 14.6. The summed E-state index contributed by atoms with van der Waals surface area (Å²) in [6.07, 6.45) is 0. The van der Waals surface area contributed by atoms with E-state index in [4.69, 9.17) is 0 Å². The van der Waals surface area contributed by atoms with Gasteiger partial charge in [0.05, 0.1) is 21.9 Å². The highest BCUT2D eigenvalue weighted by molar-refractivity contribution is 6.02. The van der Waals surface area contributed by atoms with Crippen LogP contribution in [0.25, 0.3) is 5.69 Å². The fourth-order valence-corrected chi connectivity index (χ4v) is 2.81. The Labute approximate surface area is 159 Å². The second kappa shape index (κ2) is 7.70. The van der Waals surface area contributed by atoms with E-state index < -0.39 is 10.8 Å². The van der Waals surface area contributed by atoms with E-state index in [2.05, 4.69) is 15.6 Å². The standard InChI is InChI=1S/C19H17N5O4/c1-12(20-21-18(25)15-10-6-7-11-16(15)24(27)28)17-13(2)22-23(19(17)26)14-8-4-3-5-9-14/h3-11,22H,1-2H3,(H,21,25)/b20-12-. The first-order valence-electron chi connectivity index (χ1n) is 8.35. The second-order valence-corrected chi connectivity index (χ2v) is 6.00. The molecular formula is C19H17N5O4. The Balaban J connectivity index is 1.89. The van der Waals surface area contributed by atoms with E-state index in [1.54, 1.807) is 26.0 Å². The molecule has 0 spiro atoms. The molecule has 9 heteroatoms. The molecule has 0 radical (unpaired) electrons. The Bertz CT molecular complexity index is 1130. The number of benzene rings is 2. The van der Waals surface area contributed by atoms with Gasteiger partial charge in [-0.3, -0.25) is 24.8 Å². The number of H-pyrrole nitrogens is 1. The zero-order valence-electron chi connectivity index (χ0n) is 15.2. The number of amides is 1. The molecule has 3 rings (SSSR count). The Morgan fingerprint density at radius 2 is 1.79 bits per heavy atom. The SMILES string of the molecule is C/C(=N/NC(=O)c1ccccc1[N+](=O)[O-])c1c(C)[nH]n(-c2ccccc2)c1=O. The van der Waals surface area contributed by atoms with Gasteiger partial charge in [-0.15, -0.1) is 0 Å². The van der Waals surface area contributed by atoms with Crippen LogP contribution in [0.1, 0.15) is 28.5 Å². The summed E-state index contributed by atoms with van der Waals surface area (Å²) < 4.78 is 1.38. The summed E-state index contributed by atoms with van der Waals surface area (Å²) in [5.41, 5.74) is 3.36. The number of hydrogen-bond donors (Lipinski definition) is 2. The van der Waals surface area contributed by atoms with Gasteiger partial charge in [0.15, 0.2) is 0 Å². The molecule has 1 aromatic heterocycles. The highest BCUT2D eigenvalue weighted by atomic mass is 16.6. The number of nitrogens with one attached hydrogen (secondary N) is 2. The number of carbonyl (C=O) groups is 1. The van der Waals surface area contributed by atoms with Crippen LogP contribution in [-0.4, -0.2) is 26.3 Å². The average molecular weight is 379 g/mol. The number of hydrazone groups is 1. The summed E-state index contributed by atoms with van der Waals surface area (Å²) in [5.74, 6) is -0.733. The molecule has 2 aromatic carbocycles. The van der Waals surface area contributed by atoms with Crippen molar-refractivity contribution in [2.75, 3.05) is 0 Å². The molecule has 28 heavy (non-hydrogen) atoms. The molecule has 3 aromatic rings. The van der Waals surface area contributed by atoms with Crippen LogP contribution in [0.15, 0.2) is 64.5 Å². The molecule has 1 heterocycles. The average Bonchev–Trinajstić information content (AvgIpc) is 3.00. The third-order valence-electron chi connectivity index (χ3n) is 4.12. The van der Waals surface area contributed by atoms with Crippen LogP contribution in [-0.2, 0) is 0 Å². The summed E-state index contributed by atoms with van der Waals surface area (Å²) in [7, 11) is 0. The van der Waals surface area contributed by atoms with Gasteiger partial charge >= 0.3 is 0 Å². The van der Waals surface area contributed by atoms with Crippen LogP contribution in [0, 0.1) is 17.0 Å². The number of carbonyl (C=O) groups excluding carboxylic acids is 1. The first-order valence-corrected chi connectivity index (χ1v) is 8.35. The number of aromatic nitrogens is 2. The Hall–Kier alpha value is -4.01. The van der Waals surface area contributed by atoms with Gasteiger partial charge in [0, 0.05) is 11.8 Å². The van der Waals surface area contributed by atoms with Crippen molar-refractivity contribution < 1.29 is 9.72 Å². The topological polar surface area (TPSA) is 122 Å². The molecule has 2 N–H and O–H groups in total. The van der Waals surface area contributed by atoms with Crippen molar-refractivity contribution in [3.8, 4) is 5.69 Å². The van der Waals surface area contributed by atoms with Crippen LogP contribution in [0.2, 0.25) is 0 Å². The van der Waals surface area contributed by atoms with Gasteiger partial charge < -0.3 is 0 Å². The zero-order valence-corrected chi connectivity index (χ0v) is 15.2. The van der Waals surface area contributed by atoms with E-state index in [1.165, 1.54) is 28.9 Å². The van der Waals surface area contributed by atoms with Crippen LogP contribution in [0.3, 0.4) is 0 Å². The molecule has 0 aliphatic rings. The number of rotatable bonds is 5. The fourth-order valence-electron chi connectivity index (χ4n) is 2.81. The van der Waals surface area contributed by atoms with Crippen molar-refractivity contribution in [3.05, 3.63) is 91.9 Å². The van der Waals surface area contributed by atoms with Gasteiger partial charge in [-0.25, -0.2) is 10.1 Å². The molecule has 9 nitrogen and oxygen atoms in total. The minimum atomic E-state index is -0.733. The highest BCUT2D eigenvalue weighted by Crippen LogP contribution is 2.17. The lowest BCUT2D eigenvalue weighted by molar-refractivity contribution is -0.385. The van der Waals surface area contributed by atoms with Crippen LogP contribution in [0.5, 0.6) is 0 Å².